The van der Waals surface area contributed by atoms with Crippen LogP contribution in [0.25, 0.3) is 49.7 Å². The van der Waals surface area contributed by atoms with E-state index in [-0.39, 0.29) is 0 Å². The molecule has 0 unspecified atom stereocenters. The Labute approximate surface area is 236 Å². The van der Waals surface area contributed by atoms with Gasteiger partial charge in [0, 0.05) is 33.2 Å². The number of benzene rings is 5. The summed E-state index contributed by atoms with van der Waals surface area (Å²) in [4.78, 5) is 11.7. The average molecular weight is 531 g/mol. The smallest absolute Gasteiger partial charge is 0.197 e. The average Bonchev–Trinajstić information content (AvgIpc) is 3.55. The third kappa shape index (κ3) is 3.70. The van der Waals surface area contributed by atoms with Gasteiger partial charge in [0.05, 0.1) is 11.0 Å². The lowest BCUT2D eigenvalue weighted by Gasteiger charge is -2.26. The summed E-state index contributed by atoms with van der Waals surface area (Å²) in [5, 5.41) is 3.28. The van der Waals surface area contributed by atoms with E-state index in [1.165, 1.54) is 11.1 Å². The summed E-state index contributed by atoms with van der Waals surface area (Å²) in [6.07, 6.45) is 1.63. The largest absolute Gasteiger partial charge is 0.450 e. The predicted octanol–water partition coefficient (Wildman–Crippen LogP) is 9.56. The Bertz CT molecular complexity index is 2180. The molecule has 196 valence electrons. The number of para-hydroxylation sites is 2. The standard InChI is InChI=1S/C36H26N4O/c1-23-11-15-25(16-12-23)39(26-17-13-24(2)14-18-26)27-19-20-32-30(21-27)28-7-3-5-9-31(28)40(32)36-35-34(37-22-38-36)29-8-4-6-10-33(29)41-35/h3-22H,1-2H3. The van der Waals surface area contributed by atoms with Gasteiger partial charge in [-0.15, -0.1) is 0 Å². The molecule has 0 radical (unpaired) electrons. The van der Waals surface area contributed by atoms with Crippen LogP contribution in [0, 0.1) is 13.8 Å². The fraction of sp³-hybridized carbons (Fsp3) is 0.0556. The zero-order valence-corrected chi connectivity index (χ0v) is 22.7. The van der Waals surface area contributed by atoms with E-state index in [1.807, 2.05) is 24.3 Å². The number of anilines is 3. The van der Waals surface area contributed by atoms with Gasteiger partial charge in [0.25, 0.3) is 0 Å². The molecule has 0 bridgehead atoms. The fourth-order valence-corrected chi connectivity index (χ4v) is 5.83. The van der Waals surface area contributed by atoms with Crippen molar-refractivity contribution in [1.82, 2.24) is 14.5 Å². The zero-order chi connectivity index (χ0) is 27.5. The maximum atomic E-state index is 6.35. The number of furan rings is 1. The van der Waals surface area contributed by atoms with Gasteiger partial charge in [0.15, 0.2) is 11.4 Å². The van der Waals surface area contributed by atoms with Gasteiger partial charge in [-0.2, -0.15) is 0 Å². The molecule has 5 heteroatoms. The molecule has 8 aromatic rings. The number of fused-ring (bicyclic) bond motifs is 6. The van der Waals surface area contributed by atoms with Crippen molar-refractivity contribution >= 4 is 60.9 Å². The quantitative estimate of drug-likeness (QED) is 0.227. The van der Waals surface area contributed by atoms with Crippen LogP contribution >= 0.6 is 0 Å². The van der Waals surface area contributed by atoms with Gasteiger partial charge in [-0.3, -0.25) is 4.57 Å². The van der Waals surface area contributed by atoms with E-state index in [0.717, 1.165) is 61.2 Å². The lowest BCUT2D eigenvalue weighted by atomic mass is 10.1. The molecule has 8 rings (SSSR count). The van der Waals surface area contributed by atoms with Crippen molar-refractivity contribution in [3.05, 3.63) is 133 Å². The van der Waals surface area contributed by atoms with Gasteiger partial charge in [-0.1, -0.05) is 65.7 Å². The third-order valence-corrected chi connectivity index (χ3v) is 7.85. The maximum absolute atomic E-state index is 6.35. The number of aromatic nitrogens is 3. The van der Waals surface area contributed by atoms with Gasteiger partial charge >= 0.3 is 0 Å². The van der Waals surface area contributed by atoms with Crippen molar-refractivity contribution in [2.75, 3.05) is 4.90 Å². The van der Waals surface area contributed by atoms with Crippen LogP contribution in [0.15, 0.2) is 126 Å². The van der Waals surface area contributed by atoms with Crippen LogP contribution in [-0.4, -0.2) is 14.5 Å². The molecular weight excluding hydrogens is 504 g/mol. The van der Waals surface area contributed by atoms with Crippen LogP contribution in [0.1, 0.15) is 11.1 Å². The Morgan fingerprint density at radius 3 is 1.93 bits per heavy atom. The number of nitrogens with zero attached hydrogens (tertiary/aromatic N) is 4. The summed E-state index contributed by atoms with van der Waals surface area (Å²) in [5.41, 5.74) is 10.2. The molecule has 0 saturated heterocycles. The molecule has 41 heavy (non-hydrogen) atoms. The van der Waals surface area contributed by atoms with Crippen molar-refractivity contribution < 1.29 is 4.42 Å². The van der Waals surface area contributed by atoms with Crippen molar-refractivity contribution in [2.45, 2.75) is 13.8 Å². The Hall–Kier alpha value is -5.42. The van der Waals surface area contributed by atoms with E-state index >= 15 is 0 Å². The molecule has 0 atom stereocenters. The van der Waals surface area contributed by atoms with E-state index in [0.29, 0.717) is 5.58 Å². The van der Waals surface area contributed by atoms with Gasteiger partial charge < -0.3 is 9.32 Å². The first-order valence-electron chi connectivity index (χ1n) is 13.7. The number of aryl methyl sites for hydroxylation is 2. The highest BCUT2D eigenvalue weighted by Crippen LogP contribution is 2.40. The predicted molar refractivity (Wildman–Crippen MR) is 168 cm³/mol. The minimum atomic E-state index is 0.682. The highest BCUT2D eigenvalue weighted by Gasteiger charge is 2.21. The molecule has 0 spiro atoms. The molecule has 3 heterocycles. The van der Waals surface area contributed by atoms with Crippen molar-refractivity contribution in [3.63, 3.8) is 0 Å². The van der Waals surface area contributed by atoms with Crippen LogP contribution in [0.4, 0.5) is 17.1 Å². The summed E-state index contributed by atoms with van der Waals surface area (Å²) in [5.74, 6) is 0.735. The summed E-state index contributed by atoms with van der Waals surface area (Å²) in [6.45, 7) is 4.24. The number of rotatable bonds is 4. The Morgan fingerprint density at radius 1 is 0.585 bits per heavy atom. The van der Waals surface area contributed by atoms with Crippen LogP contribution in [0.2, 0.25) is 0 Å². The second-order valence-corrected chi connectivity index (χ2v) is 10.5. The normalized spacial score (nSPS) is 11.7. The minimum Gasteiger partial charge on any atom is -0.450 e. The van der Waals surface area contributed by atoms with Gasteiger partial charge in [-0.05, 0) is 74.5 Å². The lowest BCUT2D eigenvalue weighted by Crippen LogP contribution is -2.10. The molecule has 0 N–H and O–H groups in total. The molecule has 0 aliphatic heterocycles. The van der Waals surface area contributed by atoms with Gasteiger partial charge in [0.2, 0.25) is 0 Å². The van der Waals surface area contributed by atoms with Crippen LogP contribution in [0.3, 0.4) is 0 Å². The monoisotopic (exact) mass is 530 g/mol. The summed E-state index contributed by atoms with van der Waals surface area (Å²) in [6, 6.07) is 40.5. The van der Waals surface area contributed by atoms with E-state index in [4.69, 9.17) is 9.40 Å². The SMILES string of the molecule is Cc1ccc(N(c2ccc(C)cc2)c2ccc3c(c2)c2ccccc2n3-c2ncnc3c2oc2ccccc23)cc1. The van der Waals surface area contributed by atoms with Crippen LogP contribution in [0.5, 0.6) is 0 Å². The highest BCUT2D eigenvalue weighted by atomic mass is 16.3. The molecule has 0 aliphatic rings. The van der Waals surface area contributed by atoms with Crippen molar-refractivity contribution in [1.29, 1.82) is 0 Å². The van der Waals surface area contributed by atoms with E-state index in [9.17, 15) is 0 Å². The number of hydrogen-bond donors (Lipinski definition) is 0. The molecule has 5 aromatic carbocycles. The maximum Gasteiger partial charge on any atom is 0.197 e. The zero-order valence-electron chi connectivity index (χ0n) is 22.7. The van der Waals surface area contributed by atoms with Crippen LogP contribution in [-0.2, 0) is 0 Å². The van der Waals surface area contributed by atoms with E-state index < -0.39 is 0 Å². The van der Waals surface area contributed by atoms with E-state index in [2.05, 4.69) is 119 Å². The molecule has 0 saturated carbocycles. The second kappa shape index (κ2) is 9.07. The second-order valence-electron chi connectivity index (χ2n) is 10.5. The Morgan fingerprint density at radius 2 is 1.20 bits per heavy atom. The Balaban J connectivity index is 1.39. The molecule has 0 aliphatic carbocycles. The van der Waals surface area contributed by atoms with Gasteiger partial charge in [-0.25, -0.2) is 9.97 Å². The molecule has 5 nitrogen and oxygen atoms in total. The molecule has 0 fully saturated rings. The summed E-state index contributed by atoms with van der Waals surface area (Å²) >= 11 is 0. The highest BCUT2D eigenvalue weighted by molar-refractivity contribution is 6.12. The Kier molecular flexibility index (Phi) is 5.19. The minimum absolute atomic E-state index is 0.682. The molecular formula is C36H26N4O. The summed E-state index contributed by atoms with van der Waals surface area (Å²) < 4.78 is 8.55. The van der Waals surface area contributed by atoms with Crippen molar-refractivity contribution in [3.8, 4) is 5.82 Å². The fourth-order valence-electron chi connectivity index (χ4n) is 5.83. The molecule has 3 aromatic heterocycles. The van der Waals surface area contributed by atoms with Crippen LogP contribution < -0.4 is 4.90 Å². The third-order valence-electron chi connectivity index (χ3n) is 7.85. The first-order valence-corrected chi connectivity index (χ1v) is 13.7. The molecule has 0 amide bonds. The lowest BCUT2D eigenvalue weighted by molar-refractivity contribution is 0.662. The summed E-state index contributed by atoms with van der Waals surface area (Å²) in [7, 11) is 0. The van der Waals surface area contributed by atoms with E-state index in [1.54, 1.807) is 6.33 Å². The van der Waals surface area contributed by atoms with Crippen molar-refractivity contribution in [2.24, 2.45) is 0 Å². The first-order chi connectivity index (χ1) is 20.2. The number of hydrogen-bond acceptors (Lipinski definition) is 4. The van der Waals surface area contributed by atoms with Gasteiger partial charge in [0.1, 0.15) is 17.4 Å². The topological polar surface area (TPSA) is 47.1 Å². The first kappa shape index (κ1) is 23.5.